The highest BCUT2D eigenvalue weighted by molar-refractivity contribution is 6.31. The zero-order chi connectivity index (χ0) is 15.0. The third kappa shape index (κ3) is 2.38. The molecule has 3 rings (SSSR count). The van der Waals surface area contributed by atoms with E-state index in [2.05, 4.69) is 10.3 Å². The molecule has 1 N–H and O–H groups in total. The second-order valence-electron chi connectivity index (χ2n) is 4.83. The minimum Gasteiger partial charge on any atom is -0.372 e. The number of nitrogens with zero attached hydrogens (tertiary/aromatic N) is 2. The van der Waals surface area contributed by atoms with E-state index in [0.717, 1.165) is 22.2 Å². The van der Waals surface area contributed by atoms with Gasteiger partial charge in [0.2, 0.25) is 0 Å². The molecule has 0 unspecified atom stereocenters. The average molecular weight is 300 g/mol. The molecule has 1 aromatic heterocycles. The van der Waals surface area contributed by atoms with E-state index >= 15 is 0 Å². The largest absolute Gasteiger partial charge is 0.372 e. The summed E-state index contributed by atoms with van der Waals surface area (Å²) in [6.45, 7) is 1.99. The molecule has 0 spiro atoms. The van der Waals surface area contributed by atoms with Gasteiger partial charge in [-0.2, -0.15) is 4.98 Å². The predicted octanol–water partition coefficient (Wildman–Crippen LogP) is 3.39. The van der Waals surface area contributed by atoms with Gasteiger partial charge in [0.05, 0.1) is 11.2 Å². The van der Waals surface area contributed by atoms with E-state index in [1.807, 2.05) is 37.3 Å². The van der Waals surface area contributed by atoms with Crippen LogP contribution in [0.15, 0.2) is 47.3 Å². The quantitative estimate of drug-likeness (QED) is 0.789. The molecule has 0 atom stereocenters. The van der Waals surface area contributed by atoms with Gasteiger partial charge in [0.1, 0.15) is 5.82 Å². The van der Waals surface area contributed by atoms with E-state index in [4.69, 9.17) is 11.6 Å². The Morgan fingerprint density at radius 3 is 2.71 bits per heavy atom. The van der Waals surface area contributed by atoms with E-state index in [-0.39, 0.29) is 5.69 Å². The van der Waals surface area contributed by atoms with Crippen molar-refractivity contribution in [2.75, 3.05) is 12.4 Å². The van der Waals surface area contributed by atoms with Gasteiger partial charge in [-0.1, -0.05) is 23.7 Å². The summed E-state index contributed by atoms with van der Waals surface area (Å²) in [6, 6.07) is 13.2. The number of hydrogen-bond acceptors (Lipinski definition) is 3. The predicted molar refractivity (Wildman–Crippen MR) is 86.6 cm³/mol. The Morgan fingerprint density at radius 2 is 2.00 bits per heavy atom. The maximum atomic E-state index is 12.4. The molecule has 0 amide bonds. The third-order valence-corrected chi connectivity index (χ3v) is 3.59. The van der Waals surface area contributed by atoms with Crippen molar-refractivity contribution in [1.82, 2.24) is 9.55 Å². The summed E-state index contributed by atoms with van der Waals surface area (Å²) in [5, 5.41) is 4.38. The number of aryl methyl sites for hydroxylation is 1. The van der Waals surface area contributed by atoms with Gasteiger partial charge >= 0.3 is 5.69 Å². The summed E-state index contributed by atoms with van der Waals surface area (Å²) in [5.41, 5.74) is 2.26. The maximum Gasteiger partial charge on any atom is 0.354 e. The highest BCUT2D eigenvalue weighted by Crippen LogP contribution is 2.25. The third-order valence-electron chi connectivity index (χ3n) is 3.35. The van der Waals surface area contributed by atoms with E-state index in [1.54, 1.807) is 23.7 Å². The lowest BCUT2D eigenvalue weighted by Gasteiger charge is -2.13. The van der Waals surface area contributed by atoms with Crippen LogP contribution in [0.4, 0.5) is 5.82 Å². The molecule has 0 aliphatic rings. The van der Waals surface area contributed by atoms with Gasteiger partial charge in [-0.15, -0.1) is 0 Å². The van der Waals surface area contributed by atoms with Gasteiger partial charge in [0.25, 0.3) is 0 Å². The van der Waals surface area contributed by atoms with Gasteiger partial charge in [-0.3, -0.25) is 4.57 Å². The summed E-state index contributed by atoms with van der Waals surface area (Å²) < 4.78 is 1.58. The van der Waals surface area contributed by atoms with Crippen molar-refractivity contribution in [2.24, 2.45) is 0 Å². The first-order chi connectivity index (χ1) is 10.1. The number of anilines is 1. The molecule has 0 aliphatic carbocycles. The number of hydrogen-bond donors (Lipinski definition) is 1. The van der Waals surface area contributed by atoms with Crippen LogP contribution in [-0.4, -0.2) is 16.6 Å². The van der Waals surface area contributed by atoms with Crippen LogP contribution in [0.1, 0.15) is 5.56 Å². The molecule has 21 heavy (non-hydrogen) atoms. The summed E-state index contributed by atoms with van der Waals surface area (Å²) in [5.74, 6) is 0.551. The van der Waals surface area contributed by atoms with Crippen molar-refractivity contribution >= 4 is 28.3 Å². The van der Waals surface area contributed by atoms with Gasteiger partial charge in [-0.05, 0) is 42.8 Å². The van der Waals surface area contributed by atoms with Crippen LogP contribution in [0.5, 0.6) is 0 Å². The molecule has 2 aromatic carbocycles. The van der Waals surface area contributed by atoms with Gasteiger partial charge in [0, 0.05) is 17.5 Å². The SMILES string of the molecule is CNc1nc(=O)n(-c2cccc(C)c2)c2cc(Cl)ccc12. The van der Waals surface area contributed by atoms with Gasteiger partial charge in [0.15, 0.2) is 0 Å². The van der Waals surface area contributed by atoms with Crippen LogP contribution < -0.4 is 11.0 Å². The Bertz CT molecular complexity index is 886. The lowest BCUT2D eigenvalue weighted by atomic mass is 10.2. The fraction of sp³-hybridized carbons (Fsp3) is 0.125. The maximum absolute atomic E-state index is 12.4. The summed E-state index contributed by atoms with van der Waals surface area (Å²) in [7, 11) is 1.74. The van der Waals surface area contributed by atoms with Crippen LogP contribution in [0.2, 0.25) is 5.02 Å². The fourth-order valence-corrected chi connectivity index (χ4v) is 2.57. The van der Waals surface area contributed by atoms with Crippen molar-refractivity contribution in [1.29, 1.82) is 0 Å². The second kappa shape index (κ2) is 5.22. The zero-order valence-corrected chi connectivity index (χ0v) is 12.5. The zero-order valence-electron chi connectivity index (χ0n) is 11.7. The molecule has 0 bridgehead atoms. The molecule has 0 radical (unpaired) electrons. The normalized spacial score (nSPS) is 10.8. The molecule has 106 valence electrons. The van der Waals surface area contributed by atoms with E-state index in [9.17, 15) is 4.79 Å². The highest BCUT2D eigenvalue weighted by Gasteiger charge is 2.11. The molecular formula is C16H14ClN3O. The summed E-state index contributed by atoms with van der Waals surface area (Å²) in [4.78, 5) is 16.5. The number of rotatable bonds is 2. The number of benzene rings is 2. The van der Waals surface area contributed by atoms with Crippen LogP contribution in [0, 0.1) is 6.92 Å². The van der Waals surface area contributed by atoms with Gasteiger partial charge in [-0.25, -0.2) is 4.79 Å². The van der Waals surface area contributed by atoms with Crippen molar-refractivity contribution in [3.63, 3.8) is 0 Å². The highest BCUT2D eigenvalue weighted by atomic mass is 35.5. The number of fused-ring (bicyclic) bond motifs is 1. The Kier molecular flexibility index (Phi) is 3.39. The van der Waals surface area contributed by atoms with Crippen molar-refractivity contribution in [3.05, 3.63) is 63.5 Å². The topological polar surface area (TPSA) is 46.9 Å². The van der Waals surface area contributed by atoms with Crippen molar-refractivity contribution < 1.29 is 0 Å². The lowest BCUT2D eigenvalue weighted by Crippen LogP contribution is -2.23. The molecular weight excluding hydrogens is 286 g/mol. The van der Waals surface area contributed by atoms with Crippen molar-refractivity contribution in [2.45, 2.75) is 6.92 Å². The van der Waals surface area contributed by atoms with E-state index in [0.29, 0.717) is 10.8 Å². The van der Waals surface area contributed by atoms with Crippen LogP contribution >= 0.6 is 11.6 Å². The first-order valence-electron chi connectivity index (χ1n) is 6.57. The monoisotopic (exact) mass is 299 g/mol. The Hall–Kier alpha value is -2.33. The Labute approximate surface area is 127 Å². The standard InChI is InChI=1S/C16H14ClN3O/c1-10-4-3-5-12(8-10)20-14-9-11(17)6-7-13(14)15(18-2)19-16(20)21/h3-9H,1-2H3,(H,18,19,21). The molecule has 0 aliphatic heterocycles. The smallest absolute Gasteiger partial charge is 0.354 e. The fourth-order valence-electron chi connectivity index (χ4n) is 2.41. The minimum absolute atomic E-state index is 0.334. The van der Waals surface area contributed by atoms with Crippen LogP contribution in [0.3, 0.4) is 0 Å². The molecule has 5 heteroatoms. The first kappa shape index (κ1) is 13.6. The molecule has 4 nitrogen and oxygen atoms in total. The number of halogens is 1. The molecule has 0 saturated carbocycles. The molecule has 0 fully saturated rings. The Balaban J connectivity index is 2.45. The first-order valence-corrected chi connectivity index (χ1v) is 6.95. The van der Waals surface area contributed by atoms with Crippen LogP contribution in [0.25, 0.3) is 16.6 Å². The molecule has 1 heterocycles. The molecule has 0 saturated heterocycles. The van der Waals surface area contributed by atoms with E-state index < -0.39 is 0 Å². The van der Waals surface area contributed by atoms with Crippen molar-refractivity contribution in [3.8, 4) is 5.69 Å². The summed E-state index contributed by atoms with van der Waals surface area (Å²) >= 11 is 6.10. The Morgan fingerprint density at radius 1 is 1.19 bits per heavy atom. The average Bonchev–Trinajstić information content (AvgIpc) is 2.46. The minimum atomic E-state index is -0.334. The van der Waals surface area contributed by atoms with Gasteiger partial charge < -0.3 is 5.32 Å². The molecule has 3 aromatic rings. The van der Waals surface area contributed by atoms with E-state index in [1.165, 1.54) is 0 Å². The second-order valence-corrected chi connectivity index (χ2v) is 5.27. The number of nitrogens with one attached hydrogen (secondary N) is 1. The number of aromatic nitrogens is 2. The summed E-state index contributed by atoms with van der Waals surface area (Å²) in [6.07, 6.45) is 0. The lowest BCUT2D eigenvalue weighted by molar-refractivity contribution is 0.959. The van der Waals surface area contributed by atoms with Crippen LogP contribution in [-0.2, 0) is 0 Å².